The highest BCUT2D eigenvalue weighted by molar-refractivity contribution is 7.99. The lowest BCUT2D eigenvalue weighted by atomic mass is 10.1. The molecule has 0 bridgehead atoms. The summed E-state index contributed by atoms with van der Waals surface area (Å²) in [7, 11) is 0. The first-order chi connectivity index (χ1) is 9.25. The summed E-state index contributed by atoms with van der Waals surface area (Å²) < 4.78 is 0. The Balaban J connectivity index is 1.72. The molecule has 0 heterocycles. The lowest BCUT2D eigenvalue weighted by Crippen LogP contribution is -2.21. The molecule has 0 fully saturated rings. The third-order valence-electron chi connectivity index (χ3n) is 2.93. The summed E-state index contributed by atoms with van der Waals surface area (Å²) in [6.45, 7) is 3.17. The minimum absolute atomic E-state index is 0.355. The van der Waals surface area contributed by atoms with Gasteiger partial charge in [-0.05, 0) is 36.8 Å². The van der Waals surface area contributed by atoms with E-state index in [2.05, 4.69) is 48.6 Å². The molecule has 1 N–H and O–H groups in total. The molecule has 0 aromatic heterocycles. The Hall–Kier alpha value is -0.960. The largest absolute Gasteiger partial charge is 0.309 e. The number of nitrogens with one attached hydrogen (secondary N) is 1. The second-order valence-electron chi connectivity index (χ2n) is 4.39. The van der Waals surface area contributed by atoms with Gasteiger partial charge in [0.1, 0.15) is 0 Å². The van der Waals surface area contributed by atoms with Crippen molar-refractivity contribution in [3.63, 3.8) is 0 Å². The van der Waals surface area contributed by atoms with Gasteiger partial charge in [-0.3, -0.25) is 0 Å². The van der Waals surface area contributed by atoms with Crippen molar-refractivity contribution in [1.82, 2.24) is 5.32 Å². The van der Waals surface area contributed by atoms with Crippen LogP contribution in [0.1, 0.15) is 18.5 Å². The molecular formula is C16H18ClNS. The maximum Gasteiger partial charge on any atom is 0.0406 e. The van der Waals surface area contributed by atoms with E-state index < -0.39 is 0 Å². The van der Waals surface area contributed by atoms with Gasteiger partial charge in [-0.25, -0.2) is 0 Å². The van der Waals surface area contributed by atoms with Crippen molar-refractivity contribution < 1.29 is 0 Å². The van der Waals surface area contributed by atoms with Gasteiger partial charge in [0.05, 0.1) is 0 Å². The molecule has 0 unspecified atom stereocenters. The summed E-state index contributed by atoms with van der Waals surface area (Å²) >= 11 is 7.76. The molecule has 0 saturated heterocycles. The Morgan fingerprint density at radius 2 is 1.74 bits per heavy atom. The van der Waals surface area contributed by atoms with Crippen LogP contribution in [0.5, 0.6) is 0 Å². The summed E-state index contributed by atoms with van der Waals surface area (Å²) in [6.07, 6.45) is 0. The van der Waals surface area contributed by atoms with Crippen LogP contribution in [0.3, 0.4) is 0 Å². The van der Waals surface area contributed by atoms with E-state index in [9.17, 15) is 0 Å². The molecule has 0 amide bonds. The van der Waals surface area contributed by atoms with E-state index in [0.717, 1.165) is 17.3 Å². The molecule has 0 aliphatic rings. The number of benzene rings is 2. The van der Waals surface area contributed by atoms with Crippen LogP contribution >= 0.6 is 23.4 Å². The fourth-order valence-corrected chi connectivity index (χ4v) is 2.76. The zero-order valence-electron chi connectivity index (χ0n) is 11.0. The SMILES string of the molecule is C[C@@H](NCCSc1ccccc1)c1ccc(Cl)cc1. The van der Waals surface area contributed by atoms with Gasteiger partial charge in [-0.1, -0.05) is 41.9 Å². The predicted octanol–water partition coefficient (Wildman–Crippen LogP) is 4.78. The summed E-state index contributed by atoms with van der Waals surface area (Å²) in [5.41, 5.74) is 1.27. The van der Waals surface area contributed by atoms with Crippen LogP contribution in [-0.4, -0.2) is 12.3 Å². The Kier molecular flexibility index (Phi) is 5.77. The number of hydrogen-bond donors (Lipinski definition) is 1. The van der Waals surface area contributed by atoms with Crippen LogP contribution in [0.25, 0.3) is 0 Å². The molecular weight excluding hydrogens is 274 g/mol. The molecule has 0 aliphatic heterocycles. The number of rotatable bonds is 6. The van der Waals surface area contributed by atoms with Crippen molar-refractivity contribution in [2.75, 3.05) is 12.3 Å². The second kappa shape index (κ2) is 7.59. The Morgan fingerprint density at radius 3 is 2.42 bits per heavy atom. The molecule has 1 nitrogen and oxygen atoms in total. The first-order valence-electron chi connectivity index (χ1n) is 6.42. The predicted molar refractivity (Wildman–Crippen MR) is 85.0 cm³/mol. The summed E-state index contributed by atoms with van der Waals surface area (Å²) in [4.78, 5) is 1.32. The normalized spacial score (nSPS) is 12.3. The number of hydrogen-bond acceptors (Lipinski definition) is 2. The molecule has 0 radical (unpaired) electrons. The molecule has 100 valence electrons. The number of thioether (sulfide) groups is 1. The molecule has 0 aliphatic carbocycles. The van der Waals surface area contributed by atoms with Crippen molar-refractivity contribution in [3.05, 3.63) is 65.2 Å². The molecule has 2 aromatic rings. The number of halogens is 1. The molecule has 0 spiro atoms. The fourth-order valence-electron chi connectivity index (χ4n) is 1.83. The average Bonchev–Trinajstić information content (AvgIpc) is 2.45. The lowest BCUT2D eigenvalue weighted by Gasteiger charge is -2.14. The fraction of sp³-hybridized carbons (Fsp3) is 0.250. The minimum atomic E-state index is 0.355. The minimum Gasteiger partial charge on any atom is -0.309 e. The molecule has 2 aromatic carbocycles. The van der Waals surface area contributed by atoms with E-state index in [1.807, 2.05) is 30.0 Å². The maximum absolute atomic E-state index is 5.89. The van der Waals surface area contributed by atoms with E-state index in [4.69, 9.17) is 11.6 Å². The zero-order valence-corrected chi connectivity index (χ0v) is 12.5. The topological polar surface area (TPSA) is 12.0 Å². The van der Waals surface area contributed by atoms with Gasteiger partial charge in [0, 0.05) is 28.3 Å². The zero-order chi connectivity index (χ0) is 13.5. The van der Waals surface area contributed by atoms with E-state index in [0.29, 0.717) is 6.04 Å². The molecule has 0 saturated carbocycles. The van der Waals surface area contributed by atoms with Crippen LogP contribution in [0.2, 0.25) is 5.02 Å². The van der Waals surface area contributed by atoms with Crippen molar-refractivity contribution >= 4 is 23.4 Å². The van der Waals surface area contributed by atoms with Crippen LogP contribution in [-0.2, 0) is 0 Å². The summed E-state index contributed by atoms with van der Waals surface area (Å²) in [6, 6.07) is 18.9. The third kappa shape index (κ3) is 4.90. The Morgan fingerprint density at radius 1 is 1.05 bits per heavy atom. The molecule has 1 atom stereocenters. The smallest absolute Gasteiger partial charge is 0.0406 e. The van der Waals surface area contributed by atoms with Crippen LogP contribution in [0, 0.1) is 0 Å². The van der Waals surface area contributed by atoms with Gasteiger partial charge in [0.15, 0.2) is 0 Å². The van der Waals surface area contributed by atoms with Crippen LogP contribution in [0.15, 0.2) is 59.5 Å². The van der Waals surface area contributed by atoms with Crippen molar-refractivity contribution in [2.24, 2.45) is 0 Å². The van der Waals surface area contributed by atoms with Crippen LogP contribution in [0.4, 0.5) is 0 Å². The standard InChI is InChI=1S/C16H18ClNS/c1-13(14-7-9-15(17)10-8-14)18-11-12-19-16-5-3-2-4-6-16/h2-10,13,18H,11-12H2,1H3/t13-/m1/s1. The lowest BCUT2D eigenvalue weighted by molar-refractivity contribution is 0.601. The van der Waals surface area contributed by atoms with Gasteiger partial charge in [0.2, 0.25) is 0 Å². The van der Waals surface area contributed by atoms with Crippen LogP contribution < -0.4 is 5.32 Å². The van der Waals surface area contributed by atoms with E-state index >= 15 is 0 Å². The first kappa shape index (κ1) is 14.4. The van der Waals surface area contributed by atoms with E-state index in [1.165, 1.54) is 10.5 Å². The summed E-state index contributed by atoms with van der Waals surface area (Å²) in [5.74, 6) is 1.07. The second-order valence-corrected chi connectivity index (χ2v) is 5.99. The van der Waals surface area contributed by atoms with Crippen molar-refractivity contribution in [1.29, 1.82) is 0 Å². The average molecular weight is 292 g/mol. The van der Waals surface area contributed by atoms with Crippen molar-refractivity contribution in [2.45, 2.75) is 17.9 Å². The van der Waals surface area contributed by atoms with Gasteiger partial charge in [-0.2, -0.15) is 0 Å². The van der Waals surface area contributed by atoms with Gasteiger partial charge < -0.3 is 5.32 Å². The van der Waals surface area contributed by atoms with Gasteiger partial charge in [0.25, 0.3) is 0 Å². The molecule has 2 rings (SSSR count). The highest BCUT2D eigenvalue weighted by Gasteiger charge is 2.03. The summed E-state index contributed by atoms with van der Waals surface area (Å²) in [5, 5.41) is 4.31. The highest BCUT2D eigenvalue weighted by Crippen LogP contribution is 2.18. The Bertz CT molecular complexity index is 484. The highest BCUT2D eigenvalue weighted by atomic mass is 35.5. The van der Waals surface area contributed by atoms with Gasteiger partial charge >= 0.3 is 0 Å². The Labute approximate surface area is 124 Å². The van der Waals surface area contributed by atoms with E-state index in [1.54, 1.807) is 0 Å². The molecule has 3 heteroatoms. The third-order valence-corrected chi connectivity index (χ3v) is 4.20. The first-order valence-corrected chi connectivity index (χ1v) is 7.79. The quantitative estimate of drug-likeness (QED) is 0.607. The monoisotopic (exact) mass is 291 g/mol. The maximum atomic E-state index is 5.89. The molecule has 19 heavy (non-hydrogen) atoms. The van der Waals surface area contributed by atoms with E-state index in [-0.39, 0.29) is 0 Å². The van der Waals surface area contributed by atoms with Gasteiger partial charge in [-0.15, -0.1) is 11.8 Å². The van der Waals surface area contributed by atoms with Crippen molar-refractivity contribution in [3.8, 4) is 0 Å².